The maximum absolute atomic E-state index is 13.2. The summed E-state index contributed by atoms with van der Waals surface area (Å²) in [6.45, 7) is 1.37. The van der Waals surface area contributed by atoms with Crippen molar-refractivity contribution in [2.75, 3.05) is 6.54 Å². The van der Waals surface area contributed by atoms with E-state index in [4.69, 9.17) is 11.6 Å². The first-order chi connectivity index (χ1) is 12.3. The first-order valence-corrected chi connectivity index (χ1v) is 7.92. The highest BCUT2D eigenvalue weighted by molar-refractivity contribution is 6.30. The average molecular weight is 380 g/mol. The van der Waals surface area contributed by atoms with Gasteiger partial charge in [0, 0.05) is 17.7 Å². The molecule has 2 aromatic carbocycles. The lowest BCUT2D eigenvalue weighted by Crippen LogP contribution is -2.38. The van der Waals surface area contributed by atoms with Crippen molar-refractivity contribution >= 4 is 29.1 Å². The van der Waals surface area contributed by atoms with Crippen LogP contribution in [0, 0.1) is 15.9 Å². The van der Waals surface area contributed by atoms with Crippen LogP contribution in [0.15, 0.2) is 42.5 Å². The standard InChI is InChI=1S/C17H15ClFN3O4/c1-10(11-5-6-15(19)14(18)8-11)21-16(23)9-20-17(24)12-3-2-4-13(7-12)22(25)26/h2-8,10H,9H2,1H3,(H,20,24)(H,21,23). The molecule has 0 aliphatic rings. The van der Waals surface area contributed by atoms with Gasteiger partial charge in [-0.15, -0.1) is 0 Å². The van der Waals surface area contributed by atoms with E-state index in [-0.39, 0.29) is 22.8 Å². The van der Waals surface area contributed by atoms with Crippen molar-refractivity contribution in [3.8, 4) is 0 Å². The fourth-order valence-corrected chi connectivity index (χ4v) is 2.37. The summed E-state index contributed by atoms with van der Waals surface area (Å²) in [5.41, 5.74) is 0.462. The van der Waals surface area contributed by atoms with Gasteiger partial charge in [-0.25, -0.2) is 4.39 Å². The molecule has 9 heteroatoms. The minimum Gasteiger partial charge on any atom is -0.348 e. The number of halogens is 2. The Kier molecular flexibility index (Phi) is 6.24. The Labute approximate surface area is 153 Å². The molecular weight excluding hydrogens is 365 g/mol. The third-order valence-electron chi connectivity index (χ3n) is 3.55. The number of nitrogens with zero attached hydrogens (tertiary/aromatic N) is 1. The monoisotopic (exact) mass is 379 g/mol. The predicted molar refractivity (Wildman–Crippen MR) is 93.4 cm³/mol. The smallest absolute Gasteiger partial charge is 0.270 e. The summed E-state index contributed by atoms with van der Waals surface area (Å²) < 4.78 is 13.2. The number of nitro groups is 1. The van der Waals surface area contributed by atoms with E-state index >= 15 is 0 Å². The van der Waals surface area contributed by atoms with Crippen LogP contribution in [0.3, 0.4) is 0 Å². The molecule has 26 heavy (non-hydrogen) atoms. The maximum atomic E-state index is 13.2. The Balaban J connectivity index is 1.91. The molecule has 0 saturated carbocycles. The molecule has 136 valence electrons. The van der Waals surface area contributed by atoms with Crippen LogP contribution in [0.4, 0.5) is 10.1 Å². The summed E-state index contributed by atoms with van der Waals surface area (Å²) in [5, 5.41) is 15.7. The molecule has 0 spiro atoms. The molecule has 1 unspecified atom stereocenters. The van der Waals surface area contributed by atoms with E-state index in [1.54, 1.807) is 6.92 Å². The summed E-state index contributed by atoms with van der Waals surface area (Å²) in [4.78, 5) is 34.0. The SMILES string of the molecule is CC(NC(=O)CNC(=O)c1cccc([N+](=O)[O-])c1)c1ccc(F)c(Cl)c1. The van der Waals surface area contributed by atoms with Crippen LogP contribution < -0.4 is 10.6 Å². The van der Waals surface area contributed by atoms with Gasteiger partial charge >= 0.3 is 0 Å². The molecule has 0 heterocycles. The van der Waals surface area contributed by atoms with Crippen LogP contribution in [-0.4, -0.2) is 23.3 Å². The van der Waals surface area contributed by atoms with Gasteiger partial charge in [0.1, 0.15) is 5.82 Å². The highest BCUT2D eigenvalue weighted by atomic mass is 35.5. The summed E-state index contributed by atoms with van der Waals surface area (Å²) >= 11 is 5.71. The first-order valence-electron chi connectivity index (χ1n) is 7.55. The zero-order valence-electron chi connectivity index (χ0n) is 13.7. The second kappa shape index (κ2) is 8.39. The zero-order chi connectivity index (χ0) is 19.3. The van der Waals surface area contributed by atoms with E-state index in [9.17, 15) is 24.1 Å². The van der Waals surface area contributed by atoms with Crippen molar-refractivity contribution in [1.29, 1.82) is 0 Å². The minimum atomic E-state index is -0.612. The number of carbonyl (C=O) groups excluding carboxylic acids is 2. The molecule has 0 bridgehead atoms. The van der Waals surface area contributed by atoms with Crippen LogP contribution in [0.2, 0.25) is 5.02 Å². The van der Waals surface area contributed by atoms with Gasteiger partial charge in [0.15, 0.2) is 0 Å². The lowest BCUT2D eigenvalue weighted by Gasteiger charge is -2.15. The number of amides is 2. The summed E-state index contributed by atoms with van der Waals surface area (Å²) in [5.74, 6) is -1.64. The zero-order valence-corrected chi connectivity index (χ0v) is 14.4. The van der Waals surface area contributed by atoms with Crippen molar-refractivity contribution in [2.24, 2.45) is 0 Å². The molecule has 2 rings (SSSR count). The van der Waals surface area contributed by atoms with Crippen LogP contribution in [-0.2, 0) is 4.79 Å². The van der Waals surface area contributed by atoms with Gasteiger partial charge in [0.2, 0.25) is 5.91 Å². The van der Waals surface area contributed by atoms with Gasteiger partial charge in [-0.1, -0.05) is 23.7 Å². The Hall–Kier alpha value is -3.00. The van der Waals surface area contributed by atoms with Gasteiger partial charge in [-0.2, -0.15) is 0 Å². The molecule has 0 radical (unpaired) electrons. The van der Waals surface area contributed by atoms with Gasteiger partial charge in [0.25, 0.3) is 11.6 Å². The molecule has 7 nitrogen and oxygen atoms in total. The van der Waals surface area contributed by atoms with E-state index in [0.29, 0.717) is 5.56 Å². The number of hydrogen-bond donors (Lipinski definition) is 2. The molecule has 0 fully saturated rings. The molecule has 0 saturated heterocycles. The van der Waals surface area contributed by atoms with E-state index in [1.807, 2.05) is 0 Å². The highest BCUT2D eigenvalue weighted by Gasteiger charge is 2.14. The topological polar surface area (TPSA) is 101 Å². The predicted octanol–water partition coefficient (Wildman–Crippen LogP) is 2.99. The lowest BCUT2D eigenvalue weighted by atomic mass is 10.1. The Bertz CT molecular complexity index is 860. The lowest BCUT2D eigenvalue weighted by molar-refractivity contribution is -0.384. The van der Waals surface area contributed by atoms with Crippen LogP contribution in [0.1, 0.15) is 28.9 Å². The largest absolute Gasteiger partial charge is 0.348 e. The normalized spacial score (nSPS) is 11.5. The average Bonchev–Trinajstić information content (AvgIpc) is 2.62. The third kappa shape index (κ3) is 5.00. The Morgan fingerprint density at radius 2 is 2.00 bits per heavy atom. The van der Waals surface area contributed by atoms with Crippen molar-refractivity contribution in [3.05, 3.63) is 74.5 Å². The quantitative estimate of drug-likeness (QED) is 0.595. The van der Waals surface area contributed by atoms with E-state index in [2.05, 4.69) is 10.6 Å². The van der Waals surface area contributed by atoms with Crippen molar-refractivity contribution in [1.82, 2.24) is 10.6 Å². The Morgan fingerprint density at radius 3 is 2.65 bits per heavy atom. The number of benzene rings is 2. The number of rotatable bonds is 6. The Morgan fingerprint density at radius 1 is 1.27 bits per heavy atom. The number of hydrogen-bond acceptors (Lipinski definition) is 4. The van der Waals surface area contributed by atoms with Crippen LogP contribution >= 0.6 is 11.6 Å². The van der Waals surface area contributed by atoms with Crippen LogP contribution in [0.25, 0.3) is 0 Å². The molecule has 2 N–H and O–H groups in total. The summed E-state index contributed by atoms with van der Waals surface area (Å²) in [7, 11) is 0. The van der Waals surface area contributed by atoms with E-state index in [0.717, 1.165) is 6.07 Å². The molecule has 0 aliphatic heterocycles. The van der Waals surface area contributed by atoms with E-state index < -0.39 is 28.6 Å². The number of carbonyl (C=O) groups is 2. The third-order valence-corrected chi connectivity index (χ3v) is 3.84. The molecule has 2 amide bonds. The minimum absolute atomic E-state index is 0.0532. The fourth-order valence-electron chi connectivity index (χ4n) is 2.18. The molecule has 0 aromatic heterocycles. The second-order valence-electron chi connectivity index (χ2n) is 5.45. The van der Waals surface area contributed by atoms with Gasteiger partial charge in [0.05, 0.1) is 22.5 Å². The van der Waals surface area contributed by atoms with Crippen molar-refractivity contribution < 1.29 is 18.9 Å². The fraction of sp³-hybridized carbons (Fsp3) is 0.176. The van der Waals surface area contributed by atoms with Crippen molar-refractivity contribution in [3.63, 3.8) is 0 Å². The molecular formula is C17H15ClFN3O4. The number of nitro benzene ring substituents is 1. The summed E-state index contributed by atoms with van der Waals surface area (Å²) in [6, 6.07) is 8.82. The van der Waals surface area contributed by atoms with Gasteiger partial charge < -0.3 is 10.6 Å². The number of non-ortho nitro benzene ring substituents is 1. The first kappa shape index (κ1) is 19.3. The number of nitrogens with one attached hydrogen (secondary N) is 2. The second-order valence-corrected chi connectivity index (χ2v) is 5.86. The molecule has 2 aromatic rings. The molecule has 0 aliphatic carbocycles. The summed E-state index contributed by atoms with van der Waals surface area (Å²) in [6.07, 6.45) is 0. The van der Waals surface area contributed by atoms with Gasteiger partial charge in [-0.3, -0.25) is 19.7 Å². The maximum Gasteiger partial charge on any atom is 0.270 e. The van der Waals surface area contributed by atoms with E-state index in [1.165, 1.54) is 36.4 Å². The molecule has 1 atom stereocenters. The highest BCUT2D eigenvalue weighted by Crippen LogP contribution is 2.20. The van der Waals surface area contributed by atoms with Crippen LogP contribution in [0.5, 0.6) is 0 Å². The van der Waals surface area contributed by atoms with Gasteiger partial charge in [-0.05, 0) is 30.7 Å². The van der Waals surface area contributed by atoms with Crippen molar-refractivity contribution in [2.45, 2.75) is 13.0 Å².